The summed E-state index contributed by atoms with van der Waals surface area (Å²) in [4.78, 5) is 17.6. The van der Waals surface area contributed by atoms with E-state index in [9.17, 15) is 4.79 Å². The minimum atomic E-state index is 0.331. The molecule has 1 spiro atoms. The lowest BCUT2D eigenvalue weighted by Crippen LogP contribution is -2.47. The minimum Gasteiger partial charge on any atom is -0.342 e. The van der Waals surface area contributed by atoms with Gasteiger partial charge in [0.2, 0.25) is 5.91 Å². The van der Waals surface area contributed by atoms with Crippen molar-refractivity contribution in [3.05, 3.63) is 0 Å². The molecule has 3 aliphatic rings. The van der Waals surface area contributed by atoms with E-state index in [4.69, 9.17) is 0 Å². The van der Waals surface area contributed by atoms with Crippen molar-refractivity contribution in [3.8, 4) is 0 Å². The maximum Gasteiger partial charge on any atom is 0.225 e. The summed E-state index contributed by atoms with van der Waals surface area (Å²) in [5.74, 6) is 1.61. The minimum absolute atomic E-state index is 0.331. The van der Waals surface area contributed by atoms with Crippen LogP contribution in [0.3, 0.4) is 0 Å². The third-order valence-electron chi connectivity index (χ3n) is 7.08. The summed E-state index contributed by atoms with van der Waals surface area (Å²) < 4.78 is 0. The highest BCUT2D eigenvalue weighted by Gasteiger charge is 2.40. The van der Waals surface area contributed by atoms with E-state index in [1.807, 2.05) is 0 Å². The van der Waals surface area contributed by atoms with Gasteiger partial charge in [0.25, 0.3) is 0 Å². The van der Waals surface area contributed by atoms with E-state index in [1.165, 1.54) is 51.6 Å². The highest BCUT2D eigenvalue weighted by Crippen LogP contribution is 2.47. The molecule has 132 valence electrons. The Morgan fingerprint density at radius 2 is 1.48 bits per heavy atom. The largest absolute Gasteiger partial charge is 0.342 e. The molecule has 0 radical (unpaired) electrons. The molecule has 1 saturated carbocycles. The van der Waals surface area contributed by atoms with E-state index < -0.39 is 0 Å². The third kappa shape index (κ3) is 3.92. The van der Waals surface area contributed by atoms with Gasteiger partial charge in [-0.1, -0.05) is 6.92 Å². The predicted octanol–water partition coefficient (Wildman–Crippen LogP) is 3.93. The van der Waals surface area contributed by atoms with Gasteiger partial charge in [-0.3, -0.25) is 4.79 Å². The second-order valence-corrected chi connectivity index (χ2v) is 8.91. The lowest BCUT2D eigenvalue weighted by Gasteiger charge is -2.47. The molecule has 3 nitrogen and oxygen atoms in total. The Morgan fingerprint density at radius 3 is 2.00 bits per heavy atom. The van der Waals surface area contributed by atoms with Crippen molar-refractivity contribution in [2.45, 2.75) is 78.2 Å². The smallest absolute Gasteiger partial charge is 0.225 e. The topological polar surface area (TPSA) is 23.6 Å². The van der Waals surface area contributed by atoms with E-state index >= 15 is 0 Å². The van der Waals surface area contributed by atoms with Crippen molar-refractivity contribution in [3.63, 3.8) is 0 Å². The van der Waals surface area contributed by atoms with E-state index in [1.54, 1.807) is 0 Å². The Hall–Kier alpha value is -0.570. The van der Waals surface area contributed by atoms with Crippen LogP contribution in [0.1, 0.15) is 72.1 Å². The number of carbonyl (C=O) groups excluding carboxylic acids is 1. The Bertz CT molecular complexity index is 394. The quantitative estimate of drug-likeness (QED) is 0.770. The van der Waals surface area contributed by atoms with Crippen LogP contribution in [-0.4, -0.2) is 47.9 Å². The van der Waals surface area contributed by atoms with E-state index in [-0.39, 0.29) is 0 Å². The standard InChI is InChI=1S/C20H36N2O/c1-16(2)21-14-10-20(11-15-21)8-4-18(5-9-20)19(23)22-12-6-17(3)7-13-22/h16-18H,4-15H2,1-3H3. The Labute approximate surface area is 142 Å². The molecular formula is C20H36N2O. The van der Waals surface area contributed by atoms with Gasteiger partial charge in [0.1, 0.15) is 0 Å². The first-order chi connectivity index (χ1) is 11.0. The Balaban J connectivity index is 1.48. The number of amides is 1. The van der Waals surface area contributed by atoms with Gasteiger partial charge >= 0.3 is 0 Å². The van der Waals surface area contributed by atoms with E-state index in [2.05, 4.69) is 30.6 Å². The summed E-state index contributed by atoms with van der Waals surface area (Å²) in [7, 11) is 0. The van der Waals surface area contributed by atoms with Crippen molar-refractivity contribution in [2.24, 2.45) is 17.3 Å². The Morgan fingerprint density at radius 1 is 0.913 bits per heavy atom. The first-order valence-corrected chi connectivity index (χ1v) is 10.0. The van der Waals surface area contributed by atoms with Gasteiger partial charge in [-0.15, -0.1) is 0 Å². The van der Waals surface area contributed by atoms with Gasteiger partial charge in [-0.05, 0) is 89.6 Å². The summed E-state index contributed by atoms with van der Waals surface area (Å²) in [6.45, 7) is 11.5. The average Bonchev–Trinajstić information content (AvgIpc) is 2.56. The molecule has 2 heterocycles. The average molecular weight is 321 g/mol. The summed E-state index contributed by atoms with van der Waals surface area (Å²) in [5.41, 5.74) is 0.568. The van der Waals surface area contributed by atoms with Crippen LogP contribution in [0.2, 0.25) is 0 Å². The molecule has 1 amide bonds. The van der Waals surface area contributed by atoms with Crippen molar-refractivity contribution in [2.75, 3.05) is 26.2 Å². The van der Waals surface area contributed by atoms with Crippen LogP contribution >= 0.6 is 0 Å². The zero-order chi connectivity index (χ0) is 16.4. The van der Waals surface area contributed by atoms with Crippen LogP contribution in [0.5, 0.6) is 0 Å². The summed E-state index contributed by atoms with van der Waals surface area (Å²) in [6.07, 6.45) is 9.99. The predicted molar refractivity (Wildman–Crippen MR) is 95.3 cm³/mol. The molecular weight excluding hydrogens is 284 g/mol. The van der Waals surface area contributed by atoms with Crippen molar-refractivity contribution >= 4 is 5.91 Å². The normalized spacial score (nSPS) is 27.7. The number of hydrogen-bond acceptors (Lipinski definition) is 2. The molecule has 23 heavy (non-hydrogen) atoms. The van der Waals surface area contributed by atoms with Gasteiger partial charge in [0.15, 0.2) is 0 Å². The number of nitrogens with zero attached hydrogens (tertiary/aromatic N) is 2. The van der Waals surface area contributed by atoms with Crippen LogP contribution in [0.4, 0.5) is 0 Å². The molecule has 0 unspecified atom stereocenters. The third-order valence-corrected chi connectivity index (χ3v) is 7.08. The first-order valence-electron chi connectivity index (χ1n) is 10.0. The van der Waals surface area contributed by atoms with Crippen molar-refractivity contribution in [1.82, 2.24) is 9.80 Å². The summed E-state index contributed by atoms with van der Waals surface area (Å²) in [5, 5.41) is 0. The molecule has 3 rings (SSSR count). The Kier molecular flexibility index (Phi) is 5.35. The molecule has 0 aromatic heterocycles. The lowest BCUT2D eigenvalue weighted by molar-refractivity contribution is -0.139. The van der Waals surface area contributed by atoms with Crippen molar-refractivity contribution in [1.29, 1.82) is 0 Å². The van der Waals surface area contributed by atoms with Crippen LogP contribution in [-0.2, 0) is 4.79 Å². The number of carbonyl (C=O) groups is 1. The van der Waals surface area contributed by atoms with Crippen LogP contribution in [0, 0.1) is 17.3 Å². The van der Waals surface area contributed by atoms with Gasteiger partial charge in [-0.25, -0.2) is 0 Å². The molecule has 2 aliphatic heterocycles. The van der Waals surface area contributed by atoms with Crippen LogP contribution in [0.15, 0.2) is 0 Å². The lowest BCUT2D eigenvalue weighted by atomic mass is 9.65. The van der Waals surface area contributed by atoms with Gasteiger partial charge in [0.05, 0.1) is 0 Å². The van der Waals surface area contributed by atoms with E-state index in [0.717, 1.165) is 31.8 Å². The molecule has 1 aliphatic carbocycles. The fourth-order valence-corrected chi connectivity index (χ4v) is 4.98. The molecule has 3 heteroatoms. The SMILES string of the molecule is CC1CCN(C(=O)C2CCC3(CC2)CCN(C(C)C)CC3)CC1. The van der Waals surface area contributed by atoms with Crippen molar-refractivity contribution < 1.29 is 4.79 Å². The number of piperidine rings is 2. The molecule has 2 saturated heterocycles. The molecule has 0 atom stereocenters. The maximum atomic E-state index is 12.8. The fraction of sp³-hybridized carbons (Fsp3) is 0.950. The second-order valence-electron chi connectivity index (χ2n) is 8.91. The molecule has 0 N–H and O–H groups in total. The zero-order valence-electron chi connectivity index (χ0n) is 15.5. The fourth-order valence-electron chi connectivity index (χ4n) is 4.98. The molecule has 0 aromatic rings. The van der Waals surface area contributed by atoms with Gasteiger partial charge in [0, 0.05) is 25.0 Å². The second kappa shape index (κ2) is 7.13. The monoisotopic (exact) mass is 320 g/mol. The highest BCUT2D eigenvalue weighted by molar-refractivity contribution is 5.79. The zero-order valence-corrected chi connectivity index (χ0v) is 15.5. The van der Waals surface area contributed by atoms with Crippen LogP contribution < -0.4 is 0 Å². The number of hydrogen-bond donors (Lipinski definition) is 0. The van der Waals surface area contributed by atoms with Gasteiger partial charge < -0.3 is 9.80 Å². The summed E-state index contributed by atoms with van der Waals surface area (Å²) >= 11 is 0. The van der Waals surface area contributed by atoms with Gasteiger partial charge in [-0.2, -0.15) is 0 Å². The highest BCUT2D eigenvalue weighted by atomic mass is 16.2. The molecule has 0 bridgehead atoms. The van der Waals surface area contributed by atoms with E-state index in [0.29, 0.717) is 23.3 Å². The number of likely N-dealkylation sites (tertiary alicyclic amines) is 2. The summed E-state index contributed by atoms with van der Waals surface area (Å²) in [6, 6.07) is 0.687. The number of rotatable bonds is 2. The first kappa shape index (κ1) is 17.3. The molecule has 3 fully saturated rings. The molecule has 0 aromatic carbocycles. The van der Waals surface area contributed by atoms with Crippen LogP contribution in [0.25, 0.3) is 0 Å². The maximum absolute atomic E-state index is 12.8.